The largest absolute Gasteiger partial charge is 0.461 e. The molecule has 0 fully saturated rings. The Bertz CT molecular complexity index is 486. The topological polar surface area (TPSA) is 76.7 Å². The van der Waals surface area contributed by atoms with Crippen LogP contribution in [0.3, 0.4) is 0 Å². The Labute approximate surface area is 118 Å². The van der Waals surface area contributed by atoms with Crippen LogP contribution in [0.15, 0.2) is 18.2 Å². The molecule has 6 nitrogen and oxygen atoms in total. The summed E-state index contributed by atoms with van der Waals surface area (Å²) < 4.78 is 4.94. The Hall–Kier alpha value is -2.08. The molecule has 0 aliphatic carbocycles. The summed E-state index contributed by atoms with van der Waals surface area (Å²) in [6.07, 6.45) is 0. The van der Waals surface area contributed by atoms with Gasteiger partial charge in [-0.05, 0) is 26.0 Å². The molecule has 1 aromatic carbocycles. The highest BCUT2D eigenvalue weighted by Crippen LogP contribution is 2.18. The number of benzene rings is 1. The minimum Gasteiger partial charge on any atom is -0.461 e. The van der Waals surface area contributed by atoms with Crippen LogP contribution in [-0.2, 0) is 21.0 Å². The lowest BCUT2D eigenvalue weighted by molar-refractivity contribution is -0.142. The minimum atomic E-state index is -0.396. The summed E-state index contributed by atoms with van der Waals surface area (Å²) in [4.78, 5) is 27.5. The van der Waals surface area contributed by atoms with Crippen molar-refractivity contribution in [2.75, 3.05) is 12.4 Å². The third kappa shape index (κ3) is 4.89. The summed E-state index contributed by atoms with van der Waals surface area (Å²) in [7, 11) is 1.36. The van der Waals surface area contributed by atoms with Crippen molar-refractivity contribution in [3.8, 4) is 0 Å². The predicted octanol–water partition coefficient (Wildman–Crippen LogP) is 1.86. The van der Waals surface area contributed by atoms with Crippen molar-refractivity contribution < 1.29 is 19.2 Å². The first-order valence-electron chi connectivity index (χ1n) is 6.30. The summed E-state index contributed by atoms with van der Waals surface area (Å²) in [5.41, 5.74) is 4.09. The van der Waals surface area contributed by atoms with Crippen molar-refractivity contribution in [3.05, 3.63) is 29.3 Å². The summed E-state index contributed by atoms with van der Waals surface area (Å²) >= 11 is 0. The second kappa shape index (κ2) is 7.49. The zero-order chi connectivity index (χ0) is 15.1. The molecule has 1 amide bonds. The lowest BCUT2D eigenvalue weighted by Gasteiger charge is -2.14. The Balaban J connectivity index is 3.02. The Morgan fingerprint density at radius 3 is 2.55 bits per heavy atom. The second-order valence-electron chi connectivity index (χ2n) is 4.59. The molecule has 1 aromatic rings. The van der Waals surface area contributed by atoms with E-state index in [0.29, 0.717) is 11.1 Å². The van der Waals surface area contributed by atoms with Crippen LogP contribution in [0.4, 0.5) is 5.69 Å². The number of carbonyl (C=O) groups is 2. The number of ether oxygens (including phenoxy) is 1. The van der Waals surface area contributed by atoms with Crippen molar-refractivity contribution in [1.82, 2.24) is 5.48 Å². The molecule has 0 heterocycles. The zero-order valence-electron chi connectivity index (χ0n) is 12.1. The fraction of sp³-hybridized carbons (Fsp3) is 0.429. The van der Waals surface area contributed by atoms with Gasteiger partial charge < -0.3 is 10.1 Å². The third-order valence-corrected chi connectivity index (χ3v) is 2.44. The van der Waals surface area contributed by atoms with Crippen LogP contribution in [0.25, 0.3) is 0 Å². The fourth-order valence-corrected chi connectivity index (χ4v) is 1.66. The molecular formula is C14H20N2O4. The van der Waals surface area contributed by atoms with Gasteiger partial charge in [0.25, 0.3) is 5.91 Å². The van der Waals surface area contributed by atoms with Crippen molar-refractivity contribution in [2.45, 2.75) is 33.4 Å². The standard InChI is InChI=1S/C14H20N2O4/c1-9(2)15-12-6-5-11(8-20-10(3)17)13(7-12)14(18)16-19-4/h5-7,9,15H,8H2,1-4H3,(H,16,18). The fourth-order valence-electron chi connectivity index (χ4n) is 1.66. The number of rotatable bonds is 6. The maximum absolute atomic E-state index is 11.9. The lowest BCUT2D eigenvalue weighted by atomic mass is 10.1. The second-order valence-corrected chi connectivity index (χ2v) is 4.59. The van der Waals surface area contributed by atoms with E-state index >= 15 is 0 Å². The Morgan fingerprint density at radius 1 is 1.30 bits per heavy atom. The molecule has 1 rings (SSSR count). The van der Waals surface area contributed by atoms with Crippen molar-refractivity contribution in [2.24, 2.45) is 0 Å². The van der Waals surface area contributed by atoms with Crippen LogP contribution in [0.1, 0.15) is 36.7 Å². The number of nitrogens with one attached hydrogen (secondary N) is 2. The molecule has 0 saturated carbocycles. The molecule has 0 spiro atoms. The average molecular weight is 280 g/mol. The monoisotopic (exact) mass is 280 g/mol. The number of amides is 1. The molecule has 20 heavy (non-hydrogen) atoms. The van der Waals surface area contributed by atoms with Crippen LogP contribution in [0.2, 0.25) is 0 Å². The maximum Gasteiger partial charge on any atom is 0.302 e. The molecule has 0 atom stereocenters. The highest BCUT2D eigenvalue weighted by atomic mass is 16.6. The molecule has 0 radical (unpaired) electrons. The van der Waals surface area contributed by atoms with E-state index in [4.69, 9.17) is 4.74 Å². The van der Waals surface area contributed by atoms with Gasteiger partial charge in [-0.1, -0.05) is 6.07 Å². The predicted molar refractivity (Wildman–Crippen MR) is 75.1 cm³/mol. The van der Waals surface area contributed by atoms with E-state index in [2.05, 4.69) is 15.6 Å². The number of hydrogen-bond donors (Lipinski definition) is 2. The van der Waals surface area contributed by atoms with Crippen LogP contribution in [0, 0.1) is 0 Å². The first-order valence-corrected chi connectivity index (χ1v) is 6.30. The van der Waals surface area contributed by atoms with E-state index < -0.39 is 5.97 Å². The minimum absolute atomic E-state index is 0.0454. The van der Waals surface area contributed by atoms with Gasteiger partial charge >= 0.3 is 5.97 Å². The first-order chi connectivity index (χ1) is 9.43. The quantitative estimate of drug-likeness (QED) is 0.614. The Kier molecular flexibility index (Phi) is 5.99. The third-order valence-electron chi connectivity index (χ3n) is 2.44. The molecular weight excluding hydrogens is 260 g/mol. The van der Waals surface area contributed by atoms with Crippen LogP contribution < -0.4 is 10.8 Å². The normalized spacial score (nSPS) is 10.2. The molecule has 0 unspecified atom stereocenters. The van der Waals surface area contributed by atoms with Gasteiger partial charge in [0.1, 0.15) is 6.61 Å². The van der Waals surface area contributed by atoms with Crippen LogP contribution in [0.5, 0.6) is 0 Å². The van der Waals surface area contributed by atoms with Gasteiger partial charge in [-0.2, -0.15) is 0 Å². The van der Waals surface area contributed by atoms with Gasteiger partial charge in [-0.25, -0.2) is 5.48 Å². The van der Waals surface area contributed by atoms with Crippen molar-refractivity contribution in [1.29, 1.82) is 0 Å². The molecule has 0 aliphatic rings. The summed E-state index contributed by atoms with van der Waals surface area (Å²) in [6, 6.07) is 5.53. The molecule has 6 heteroatoms. The summed E-state index contributed by atoms with van der Waals surface area (Å²) in [6.45, 7) is 5.37. The average Bonchev–Trinajstić information content (AvgIpc) is 2.36. The van der Waals surface area contributed by atoms with E-state index in [1.807, 2.05) is 19.9 Å². The molecule has 0 aliphatic heterocycles. The maximum atomic E-state index is 11.9. The van der Waals surface area contributed by atoms with Gasteiger partial charge in [-0.3, -0.25) is 14.4 Å². The number of anilines is 1. The van der Waals surface area contributed by atoms with E-state index in [1.165, 1.54) is 14.0 Å². The zero-order valence-corrected chi connectivity index (χ0v) is 12.1. The Morgan fingerprint density at radius 2 is 2.00 bits per heavy atom. The number of hydroxylamine groups is 1. The summed E-state index contributed by atoms with van der Waals surface area (Å²) in [5, 5.41) is 3.21. The van der Waals surface area contributed by atoms with E-state index in [-0.39, 0.29) is 18.6 Å². The highest BCUT2D eigenvalue weighted by molar-refractivity contribution is 5.96. The van der Waals surface area contributed by atoms with E-state index in [0.717, 1.165) is 5.69 Å². The number of carbonyl (C=O) groups excluding carboxylic acids is 2. The lowest BCUT2D eigenvalue weighted by Crippen LogP contribution is -2.24. The van der Waals surface area contributed by atoms with Crippen molar-refractivity contribution >= 4 is 17.6 Å². The first kappa shape index (κ1) is 16.0. The van der Waals surface area contributed by atoms with Gasteiger partial charge in [-0.15, -0.1) is 0 Å². The van der Waals surface area contributed by atoms with Gasteiger partial charge in [0.05, 0.1) is 12.7 Å². The van der Waals surface area contributed by atoms with Crippen molar-refractivity contribution in [3.63, 3.8) is 0 Å². The van der Waals surface area contributed by atoms with E-state index in [1.54, 1.807) is 12.1 Å². The number of esters is 1. The molecule has 0 bridgehead atoms. The smallest absolute Gasteiger partial charge is 0.302 e. The molecule has 2 N–H and O–H groups in total. The van der Waals surface area contributed by atoms with E-state index in [9.17, 15) is 9.59 Å². The van der Waals surface area contributed by atoms with Crippen LogP contribution >= 0.6 is 0 Å². The van der Waals surface area contributed by atoms with Crippen LogP contribution in [-0.4, -0.2) is 25.0 Å². The number of hydrogen-bond acceptors (Lipinski definition) is 5. The molecule has 110 valence electrons. The summed E-state index contributed by atoms with van der Waals surface area (Å²) in [5.74, 6) is -0.783. The van der Waals surface area contributed by atoms with Gasteiger partial charge in [0.15, 0.2) is 0 Å². The SMILES string of the molecule is CONC(=O)c1cc(NC(C)C)ccc1COC(C)=O. The molecule has 0 aromatic heterocycles. The van der Waals surface area contributed by atoms with Gasteiger partial charge in [0.2, 0.25) is 0 Å². The highest BCUT2D eigenvalue weighted by Gasteiger charge is 2.13. The molecule has 0 saturated heterocycles. The van der Waals surface area contributed by atoms with Gasteiger partial charge in [0, 0.05) is 24.2 Å².